The van der Waals surface area contributed by atoms with Gasteiger partial charge in [0.05, 0.1) is 0 Å². The van der Waals surface area contributed by atoms with Gasteiger partial charge in [0.2, 0.25) is 0 Å². The van der Waals surface area contributed by atoms with Gasteiger partial charge >= 0.3 is 0 Å². The summed E-state index contributed by atoms with van der Waals surface area (Å²) < 4.78 is 0. The fourth-order valence-electron chi connectivity index (χ4n) is 2.72. The van der Waals surface area contributed by atoms with Gasteiger partial charge < -0.3 is 5.73 Å². The molecule has 0 aromatic carbocycles. The number of likely N-dealkylation sites (tertiary alicyclic amines) is 1. The van der Waals surface area contributed by atoms with E-state index in [1.165, 1.54) is 6.42 Å². The van der Waals surface area contributed by atoms with Crippen molar-refractivity contribution in [3.63, 3.8) is 0 Å². The van der Waals surface area contributed by atoms with Gasteiger partial charge in [-0.15, -0.1) is 0 Å². The van der Waals surface area contributed by atoms with Gasteiger partial charge in [-0.2, -0.15) is 0 Å². The summed E-state index contributed by atoms with van der Waals surface area (Å²) in [5.74, 6) is 0.742. The van der Waals surface area contributed by atoms with Gasteiger partial charge in [0.1, 0.15) is 5.15 Å². The average Bonchev–Trinajstić information content (AvgIpc) is 2.35. The van der Waals surface area contributed by atoms with Gasteiger partial charge in [-0.1, -0.05) is 30.1 Å². The van der Waals surface area contributed by atoms with Crippen molar-refractivity contribution in [3.8, 4) is 0 Å². The molecular formula is C14H21Cl2N3. The van der Waals surface area contributed by atoms with E-state index in [9.17, 15) is 0 Å². The summed E-state index contributed by atoms with van der Waals surface area (Å²) in [6.45, 7) is 6.64. The molecule has 1 aromatic heterocycles. The monoisotopic (exact) mass is 301 g/mol. The Hall–Kier alpha value is -0.350. The lowest BCUT2D eigenvalue weighted by Gasteiger charge is -2.38. The molecule has 0 spiro atoms. The summed E-state index contributed by atoms with van der Waals surface area (Å²) in [4.78, 5) is 6.67. The summed E-state index contributed by atoms with van der Waals surface area (Å²) in [5.41, 5.74) is 7.65. The Balaban J connectivity index is 2.16. The van der Waals surface area contributed by atoms with Crippen molar-refractivity contribution in [2.24, 2.45) is 11.7 Å². The van der Waals surface area contributed by atoms with E-state index in [-0.39, 0.29) is 0 Å². The first-order chi connectivity index (χ1) is 9.01. The summed E-state index contributed by atoms with van der Waals surface area (Å²) in [5, 5.41) is 1.21. The molecule has 1 aliphatic heterocycles. The molecule has 19 heavy (non-hydrogen) atoms. The van der Waals surface area contributed by atoms with Crippen LogP contribution in [0.3, 0.4) is 0 Å². The number of aromatic nitrogens is 1. The number of nitrogens with two attached hydrogens (primary N) is 1. The number of hydrogen-bond donors (Lipinski definition) is 1. The minimum Gasteiger partial charge on any atom is -0.329 e. The molecule has 2 unspecified atom stereocenters. The van der Waals surface area contributed by atoms with E-state index in [0.29, 0.717) is 22.8 Å². The van der Waals surface area contributed by atoms with Crippen LogP contribution >= 0.6 is 23.2 Å². The molecule has 2 heterocycles. The Kier molecular flexibility index (Phi) is 5.07. The molecule has 1 fully saturated rings. The predicted molar refractivity (Wildman–Crippen MR) is 80.6 cm³/mol. The minimum absolute atomic E-state index is 0.414. The van der Waals surface area contributed by atoms with E-state index in [1.54, 1.807) is 0 Å². The molecule has 0 saturated carbocycles. The summed E-state index contributed by atoms with van der Waals surface area (Å²) in [6.07, 6.45) is 2.34. The molecule has 0 amide bonds. The van der Waals surface area contributed by atoms with Crippen molar-refractivity contribution in [1.29, 1.82) is 0 Å². The molecule has 0 bridgehead atoms. The molecule has 0 radical (unpaired) electrons. The lowest BCUT2D eigenvalue weighted by Crippen LogP contribution is -2.45. The fraction of sp³-hybridized carbons (Fsp3) is 0.643. The molecule has 106 valence electrons. The van der Waals surface area contributed by atoms with Crippen LogP contribution in [0.1, 0.15) is 31.0 Å². The first kappa shape index (κ1) is 15.0. The Morgan fingerprint density at radius 2 is 2.21 bits per heavy atom. The maximum absolute atomic E-state index is 6.29. The van der Waals surface area contributed by atoms with Crippen molar-refractivity contribution in [2.45, 2.75) is 39.3 Å². The molecule has 5 heteroatoms. The number of halogens is 2. The van der Waals surface area contributed by atoms with Crippen LogP contribution in [0.15, 0.2) is 6.07 Å². The average molecular weight is 302 g/mol. The molecule has 0 aliphatic carbocycles. The van der Waals surface area contributed by atoms with E-state index < -0.39 is 0 Å². The van der Waals surface area contributed by atoms with Gasteiger partial charge in [-0.3, -0.25) is 4.90 Å². The standard InChI is InChI=1S/C14H21Cl2N3/c1-9-3-4-19(11(5-9)7-17)8-12-13(15)6-10(2)18-14(12)16/h6,9,11H,3-5,7-8,17H2,1-2H3. The Morgan fingerprint density at radius 3 is 2.84 bits per heavy atom. The van der Waals surface area contributed by atoms with Crippen LogP contribution < -0.4 is 5.73 Å². The highest BCUT2D eigenvalue weighted by Gasteiger charge is 2.26. The summed E-state index contributed by atoms with van der Waals surface area (Å²) >= 11 is 12.5. The van der Waals surface area contributed by atoms with E-state index in [4.69, 9.17) is 28.9 Å². The SMILES string of the molecule is Cc1cc(Cl)c(CN2CCC(C)CC2CN)c(Cl)n1. The number of piperidine rings is 1. The zero-order valence-electron chi connectivity index (χ0n) is 11.5. The van der Waals surface area contributed by atoms with Crippen LogP contribution in [-0.4, -0.2) is 29.0 Å². The van der Waals surface area contributed by atoms with Crippen molar-refractivity contribution in [3.05, 3.63) is 27.5 Å². The third kappa shape index (κ3) is 3.60. The second-order valence-corrected chi connectivity index (χ2v) is 6.27. The highest BCUT2D eigenvalue weighted by molar-refractivity contribution is 6.35. The van der Waals surface area contributed by atoms with Gasteiger partial charge in [-0.25, -0.2) is 4.98 Å². The molecule has 3 nitrogen and oxygen atoms in total. The first-order valence-electron chi connectivity index (χ1n) is 6.77. The first-order valence-corrected chi connectivity index (χ1v) is 7.52. The number of rotatable bonds is 3. The van der Waals surface area contributed by atoms with E-state index in [0.717, 1.165) is 36.7 Å². The third-order valence-corrected chi connectivity index (χ3v) is 4.53. The normalized spacial score (nSPS) is 24.7. The highest BCUT2D eigenvalue weighted by atomic mass is 35.5. The van der Waals surface area contributed by atoms with Gasteiger partial charge in [-0.05, 0) is 38.3 Å². The van der Waals surface area contributed by atoms with E-state index in [1.807, 2.05) is 13.0 Å². The maximum atomic E-state index is 6.29. The zero-order chi connectivity index (χ0) is 14.0. The second kappa shape index (κ2) is 6.40. The molecular weight excluding hydrogens is 281 g/mol. The lowest BCUT2D eigenvalue weighted by molar-refractivity contribution is 0.115. The fourth-order valence-corrected chi connectivity index (χ4v) is 3.37. The Morgan fingerprint density at radius 1 is 1.47 bits per heavy atom. The Labute approximate surface area is 125 Å². The van der Waals surface area contributed by atoms with Crippen LogP contribution in [0.2, 0.25) is 10.2 Å². The molecule has 2 atom stereocenters. The topological polar surface area (TPSA) is 42.1 Å². The number of aryl methyl sites for hydroxylation is 1. The van der Waals surface area contributed by atoms with Crippen molar-refractivity contribution >= 4 is 23.2 Å². The lowest BCUT2D eigenvalue weighted by atomic mass is 9.92. The van der Waals surface area contributed by atoms with Crippen LogP contribution in [-0.2, 0) is 6.54 Å². The molecule has 1 aromatic rings. The van der Waals surface area contributed by atoms with Crippen molar-refractivity contribution in [2.75, 3.05) is 13.1 Å². The van der Waals surface area contributed by atoms with Gasteiger partial charge in [0, 0.05) is 35.4 Å². The molecule has 2 rings (SSSR count). The summed E-state index contributed by atoms with van der Waals surface area (Å²) in [7, 11) is 0. The largest absolute Gasteiger partial charge is 0.329 e. The van der Waals surface area contributed by atoms with E-state index >= 15 is 0 Å². The van der Waals surface area contributed by atoms with Crippen LogP contribution in [0.4, 0.5) is 0 Å². The van der Waals surface area contributed by atoms with Crippen LogP contribution in [0.25, 0.3) is 0 Å². The number of nitrogens with zero attached hydrogens (tertiary/aromatic N) is 2. The quantitative estimate of drug-likeness (QED) is 0.872. The van der Waals surface area contributed by atoms with Gasteiger partial charge in [0.25, 0.3) is 0 Å². The second-order valence-electron chi connectivity index (χ2n) is 5.50. The van der Waals surface area contributed by atoms with Crippen LogP contribution in [0, 0.1) is 12.8 Å². The smallest absolute Gasteiger partial charge is 0.135 e. The number of hydrogen-bond acceptors (Lipinski definition) is 3. The molecule has 1 aliphatic rings. The molecule has 2 N–H and O–H groups in total. The Bertz CT molecular complexity index is 427. The zero-order valence-corrected chi connectivity index (χ0v) is 13.0. The van der Waals surface area contributed by atoms with Crippen LogP contribution in [0.5, 0.6) is 0 Å². The van der Waals surface area contributed by atoms with Crippen molar-refractivity contribution in [1.82, 2.24) is 9.88 Å². The number of pyridine rings is 1. The third-order valence-electron chi connectivity index (χ3n) is 3.88. The minimum atomic E-state index is 0.414. The maximum Gasteiger partial charge on any atom is 0.135 e. The highest BCUT2D eigenvalue weighted by Crippen LogP contribution is 2.29. The van der Waals surface area contributed by atoms with Gasteiger partial charge in [0.15, 0.2) is 0 Å². The molecule has 1 saturated heterocycles. The summed E-state index contributed by atoms with van der Waals surface area (Å²) in [6, 6.07) is 2.28. The van der Waals surface area contributed by atoms with Crippen molar-refractivity contribution < 1.29 is 0 Å². The predicted octanol–water partition coefficient (Wildman–Crippen LogP) is 3.26. The van der Waals surface area contributed by atoms with E-state index in [2.05, 4.69) is 16.8 Å².